The molecule has 0 radical (unpaired) electrons. The van der Waals surface area contributed by atoms with Crippen LogP contribution in [0.4, 0.5) is 4.39 Å². The van der Waals surface area contributed by atoms with Crippen LogP contribution in [-0.4, -0.2) is 25.8 Å². The molecule has 5 heteroatoms. The van der Waals surface area contributed by atoms with Crippen LogP contribution in [0.15, 0.2) is 35.2 Å². The third-order valence-corrected chi connectivity index (χ3v) is 4.63. The zero-order chi connectivity index (χ0) is 13.9. The van der Waals surface area contributed by atoms with Gasteiger partial charge in [0.15, 0.2) is 0 Å². The van der Waals surface area contributed by atoms with Crippen LogP contribution in [0.2, 0.25) is 0 Å². The summed E-state index contributed by atoms with van der Waals surface area (Å²) >= 11 is 0. The molecule has 0 aliphatic heterocycles. The van der Waals surface area contributed by atoms with Crippen molar-refractivity contribution in [2.75, 3.05) is 13.1 Å². The van der Waals surface area contributed by atoms with Crippen LogP contribution in [0.25, 0.3) is 0 Å². The standard InChI is InChI=1S/C13H18FNO2S/c1-5-15(9-10(2)3)18(16,17)13-7-6-12(14)8-11(13)4/h6-8H,2,5,9H2,1,3-4H3. The van der Waals surface area contributed by atoms with E-state index in [0.717, 1.165) is 11.6 Å². The first-order valence-electron chi connectivity index (χ1n) is 5.69. The van der Waals surface area contributed by atoms with Crippen LogP contribution >= 0.6 is 0 Å². The molecule has 0 aliphatic rings. The van der Waals surface area contributed by atoms with E-state index in [-0.39, 0.29) is 11.4 Å². The second kappa shape index (κ2) is 5.63. The molecule has 0 aromatic heterocycles. The number of hydrogen-bond acceptors (Lipinski definition) is 2. The van der Waals surface area contributed by atoms with E-state index in [0.29, 0.717) is 12.1 Å². The van der Waals surface area contributed by atoms with E-state index >= 15 is 0 Å². The van der Waals surface area contributed by atoms with E-state index in [1.54, 1.807) is 20.8 Å². The van der Waals surface area contributed by atoms with E-state index in [1.807, 2.05) is 0 Å². The van der Waals surface area contributed by atoms with Crippen molar-refractivity contribution >= 4 is 10.0 Å². The van der Waals surface area contributed by atoms with Gasteiger partial charge in [0.25, 0.3) is 0 Å². The summed E-state index contributed by atoms with van der Waals surface area (Å²) in [4.78, 5) is 0.145. The molecule has 3 nitrogen and oxygen atoms in total. The largest absolute Gasteiger partial charge is 0.243 e. The van der Waals surface area contributed by atoms with E-state index in [1.165, 1.54) is 16.4 Å². The molecule has 0 amide bonds. The van der Waals surface area contributed by atoms with Crippen molar-refractivity contribution in [2.45, 2.75) is 25.7 Å². The number of aryl methyl sites for hydroxylation is 1. The van der Waals surface area contributed by atoms with E-state index in [4.69, 9.17) is 0 Å². The van der Waals surface area contributed by atoms with Crippen LogP contribution in [0.3, 0.4) is 0 Å². The van der Waals surface area contributed by atoms with Gasteiger partial charge in [0.1, 0.15) is 5.82 Å². The number of sulfonamides is 1. The SMILES string of the molecule is C=C(C)CN(CC)S(=O)(=O)c1ccc(F)cc1C. The van der Waals surface area contributed by atoms with Gasteiger partial charge in [0.2, 0.25) is 10.0 Å². The lowest BCUT2D eigenvalue weighted by Crippen LogP contribution is -2.32. The summed E-state index contributed by atoms with van der Waals surface area (Å²) in [5, 5.41) is 0. The van der Waals surface area contributed by atoms with Gasteiger partial charge in [-0.25, -0.2) is 12.8 Å². The number of benzene rings is 1. The van der Waals surface area contributed by atoms with Crippen LogP contribution in [-0.2, 0) is 10.0 Å². The maximum atomic E-state index is 13.0. The molecule has 0 saturated heterocycles. The monoisotopic (exact) mass is 271 g/mol. The third-order valence-electron chi connectivity index (χ3n) is 2.55. The summed E-state index contributed by atoms with van der Waals surface area (Å²) in [6, 6.07) is 3.69. The molecule has 1 aromatic rings. The molecule has 0 N–H and O–H groups in total. The Labute approximate surface area is 108 Å². The van der Waals surface area contributed by atoms with Crippen LogP contribution in [0.1, 0.15) is 19.4 Å². The molecule has 0 fully saturated rings. The average molecular weight is 271 g/mol. The summed E-state index contributed by atoms with van der Waals surface area (Å²) in [6.07, 6.45) is 0. The summed E-state index contributed by atoms with van der Waals surface area (Å²) in [5.41, 5.74) is 1.18. The number of halogens is 1. The minimum absolute atomic E-state index is 0.145. The number of rotatable bonds is 5. The number of hydrogen-bond donors (Lipinski definition) is 0. The fourth-order valence-electron chi connectivity index (χ4n) is 1.71. The fraction of sp³-hybridized carbons (Fsp3) is 0.385. The normalized spacial score (nSPS) is 11.8. The highest BCUT2D eigenvalue weighted by Crippen LogP contribution is 2.21. The topological polar surface area (TPSA) is 37.4 Å². The van der Waals surface area contributed by atoms with Gasteiger partial charge in [-0.05, 0) is 37.6 Å². The Hall–Kier alpha value is -1.20. The Kier molecular flexibility index (Phi) is 4.65. The molecule has 1 aromatic carbocycles. The van der Waals surface area contributed by atoms with Crippen molar-refractivity contribution in [3.8, 4) is 0 Å². The Morgan fingerprint density at radius 2 is 2.06 bits per heavy atom. The van der Waals surface area contributed by atoms with Gasteiger partial charge >= 0.3 is 0 Å². The smallest absolute Gasteiger partial charge is 0.207 e. The first-order valence-corrected chi connectivity index (χ1v) is 7.13. The molecule has 0 heterocycles. The predicted molar refractivity (Wildman–Crippen MR) is 70.4 cm³/mol. The van der Waals surface area contributed by atoms with Gasteiger partial charge in [0.05, 0.1) is 4.90 Å². The van der Waals surface area contributed by atoms with Gasteiger partial charge in [-0.2, -0.15) is 4.31 Å². The van der Waals surface area contributed by atoms with Gasteiger partial charge < -0.3 is 0 Å². The molecule has 18 heavy (non-hydrogen) atoms. The Bertz CT molecular complexity index is 552. The zero-order valence-electron chi connectivity index (χ0n) is 10.9. The molecule has 1 rings (SSSR count). The molecule has 0 spiro atoms. The molecule has 0 bridgehead atoms. The fourth-order valence-corrected chi connectivity index (χ4v) is 3.42. The maximum Gasteiger partial charge on any atom is 0.243 e. The van der Waals surface area contributed by atoms with E-state index < -0.39 is 15.8 Å². The summed E-state index contributed by atoms with van der Waals surface area (Å²) < 4.78 is 39.1. The lowest BCUT2D eigenvalue weighted by molar-refractivity contribution is 0.452. The molecular formula is C13H18FNO2S. The highest BCUT2D eigenvalue weighted by atomic mass is 32.2. The van der Waals surface area contributed by atoms with Crippen LogP contribution < -0.4 is 0 Å². The van der Waals surface area contributed by atoms with E-state index in [9.17, 15) is 12.8 Å². The zero-order valence-corrected chi connectivity index (χ0v) is 11.7. The summed E-state index contributed by atoms with van der Waals surface area (Å²) in [6.45, 7) is 9.47. The second-order valence-corrected chi connectivity index (χ2v) is 6.20. The second-order valence-electron chi connectivity index (χ2n) is 4.30. The highest BCUT2D eigenvalue weighted by molar-refractivity contribution is 7.89. The van der Waals surface area contributed by atoms with Gasteiger partial charge in [-0.1, -0.05) is 19.1 Å². The Morgan fingerprint density at radius 3 is 2.50 bits per heavy atom. The molecular weight excluding hydrogens is 253 g/mol. The lowest BCUT2D eigenvalue weighted by Gasteiger charge is -2.21. The minimum atomic E-state index is -3.59. The van der Waals surface area contributed by atoms with Gasteiger partial charge in [0, 0.05) is 13.1 Å². The minimum Gasteiger partial charge on any atom is -0.207 e. The molecule has 100 valence electrons. The number of nitrogens with zero attached hydrogens (tertiary/aromatic N) is 1. The Morgan fingerprint density at radius 1 is 1.44 bits per heavy atom. The highest BCUT2D eigenvalue weighted by Gasteiger charge is 2.24. The first kappa shape index (κ1) is 14.9. The van der Waals surface area contributed by atoms with Crippen molar-refractivity contribution in [2.24, 2.45) is 0 Å². The predicted octanol–water partition coefficient (Wildman–Crippen LogP) is 2.72. The van der Waals surface area contributed by atoms with Crippen molar-refractivity contribution < 1.29 is 12.8 Å². The van der Waals surface area contributed by atoms with Crippen molar-refractivity contribution in [1.82, 2.24) is 4.31 Å². The van der Waals surface area contributed by atoms with E-state index in [2.05, 4.69) is 6.58 Å². The third kappa shape index (κ3) is 3.17. The van der Waals surface area contributed by atoms with Crippen LogP contribution in [0.5, 0.6) is 0 Å². The molecule has 0 aliphatic carbocycles. The summed E-state index contributed by atoms with van der Waals surface area (Å²) in [7, 11) is -3.59. The lowest BCUT2D eigenvalue weighted by atomic mass is 10.2. The maximum absolute atomic E-state index is 13.0. The first-order chi connectivity index (χ1) is 8.28. The van der Waals surface area contributed by atoms with Gasteiger partial charge in [-0.15, -0.1) is 0 Å². The number of likely N-dealkylation sites (N-methyl/N-ethyl adjacent to an activating group) is 1. The van der Waals surface area contributed by atoms with Crippen molar-refractivity contribution in [1.29, 1.82) is 0 Å². The average Bonchev–Trinajstić information content (AvgIpc) is 2.24. The molecule has 0 unspecified atom stereocenters. The molecule has 0 atom stereocenters. The summed E-state index contributed by atoms with van der Waals surface area (Å²) in [5.74, 6) is -0.436. The van der Waals surface area contributed by atoms with Gasteiger partial charge in [-0.3, -0.25) is 0 Å². The van der Waals surface area contributed by atoms with Crippen molar-refractivity contribution in [3.63, 3.8) is 0 Å². The molecule has 0 saturated carbocycles. The quantitative estimate of drug-likeness (QED) is 0.772. The Balaban J connectivity index is 3.23. The van der Waals surface area contributed by atoms with Crippen molar-refractivity contribution in [3.05, 3.63) is 41.7 Å². The van der Waals surface area contributed by atoms with Crippen LogP contribution in [0, 0.1) is 12.7 Å².